The van der Waals surface area contributed by atoms with Crippen molar-refractivity contribution in [2.45, 2.75) is 48.7 Å². The fraction of sp³-hybridized carbons (Fsp3) is 0.429. The lowest BCUT2D eigenvalue weighted by molar-refractivity contribution is 0.281. The van der Waals surface area contributed by atoms with Gasteiger partial charge in [-0.25, -0.2) is 0 Å². The molecule has 3 rings (SSSR count). The number of benzene rings is 2. The van der Waals surface area contributed by atoms with Gasteiger partial charge in [-0.15, -0.1) is 11.8 Å². The van der Waals surface area contributed by atoms with Crippen LogP contribution in [-0.4, -0.2) is 16.5 Å². The Labute approximate surface area is 144 Å². The maximum atomic E-state index is 9.02. The van der Waals surface area contributed by atoms with E-state index in [0.717, 1.165) is 25.2 Å². The van der Waals surface area contributed by atoms with Crippen molar-refractivity contribution in [3.63, 3.8) is 0 Å². The number of hydrogen-bond donors (Lipinski definition) is 1. The minimum absolute atomic E-state index is 0.323. The van der Waals surface area contributed by atoms with Gasteiger partial charge in [0.1, 0.15) is 0 Å². The molecular formula is C21H26OS. The lowest BCUT2D eigenvalue weighted by Gasteiger charge is -2.18. The van der Waals surface area contributed by atoms with Gasteiger partial charge in [-0.1, -0.05) is 54.4 Å². The smallest absolute Gasteiger partial charge is 0.0431 e. The van der Waals surface area contributed by atoms with E-state index in [4.69, 9.17) is 5.11 Å². The van der Waals surface area contributed by atoms with Crippen molar-refractivity contribution in [1.29, 1.82) is 0 Å². The molecule has 1 fully saturated rings. The molecule has 122 valence electrons. The van der Waals surface area contributed by atoms with E-state index < -0.39 is 0 Å². The summed E-state index contributed by atoms with van der Waals surface area (Å²) in [6.45, 7) is 2.46. The Balaban J connectivity index is 1.71. The number of aliphatic hydroxyl groups is 1. The largest absolute Gasteiger partial charge is 0.396 e. The fourth-order valence-electron chi connectivity index (χ4n) is 3.39. The van der Waals surface area contributed by atoms with Gasteiger partial charge in [-0.2, -0.15) is 0 Å². The Morgan fingerprint density at radius 2 is 1.78 bits per heavy atom. The van der Waals surface area contributed by atoms with Crippen LogP contribution in [0.5, 0.6) is 0 Å². The molecule has 0 spiro atoms. The predicted molar refractivity (Wildman–Crippen MR) is 99.0 cm³/mol. The highest BCUT2D eigenvalue weighted by molar-refractivity contribution is 8.01. The average Bonchev–Trinajstić information content (AvgIpc) is 3.23. The second kappa shape index (κ2) is 7.55. The van der Waals surface area contributed by atoms with Gasteiger partial charge < -0.3 is 5.11 Å². The Kier molecular flexibility index (Phi) is 5.45. The van der Waals surface area contributed by atoms with Crippen LogP contribution in [0.4, 0.5) is 0 Å². The molecule has 0 amide bonds. The lowest BCUT2D eigenvalue weighted by Crippen LogP contribution is -2.11. The minimum atomic E-state index is 0.323. The first-order valence-corrected chi connectivity index (χ1v) is 9.44. The summed E-state index contributed by atoms with van der Waals surface area (Å²) < 4.78 is 0.353. The second-order valence-corrected chi connectivity index (χ2v) is 8.25. The standard InChI is InChI=1S/C21H26OS/c1-17-10-12-20(13-11-17)23-21(15-18-7-3-2-4-8-18)16-19(21)9-5-6-14-22/h2-4,7-8,10-13,19,22H,5-6,9,14-16H2,1H3/t19-,21-/m0/s1. The molecule has 0 radical (unpaired) electrons. The zero-order valence-electron chi connectivity index (χ0n) is 13.9. The molecule has 1 aliphatic carbocycles. The number of hydrogen-bond acceptors (Lipinski definition) is 2. The van der Waals surface area contributed by atoms with E-state index in [1.54, 1.807) is 0 Å². The summed E-state index contributed by atoms with van der Waals surface area (Å²) in [5, 5.41) is 9.02. The highest BCUT2D eigenvalue weighted by Crippen LogP contribution is 2.60. The van der Waals surface area contributed by atoms with Crippen LogP contribution < -0.4 is 0 Å². The second-order valence-electron chi connectivity index (χ2n) is 6.76. The van der Waals surface area contributed by atoms with Crippen LogP contribution in [0.2, 0.25) is 0 Å². The number of aliphatic hydroxyl groups excluding tert-OH is 1. The molecule has 0 bridgehead atoms. The molecule has 2 aromatic rings. The van der Waals surface area contributed by atoms with Crippen LogP contribution in [0.1, 0.15) is 36.8 Å². The molecule has 1 nitrogen and oxygen atoms in total. The third kappa shape index (κ3) is 4.39. The summed E-state index contributed by atoms with van der Waals surface area (Å²) in [6.07, 6.45) is 5.77. The van der Waals surface area contributed by atoms with Crippen molar-refractivity contribution >= 4 is 11.8 Å². The summed E-state index contributed by atoms with van der Waals surface area (Å²) in [5.41, 5.74) is 2.76. The average molecular weight is 327 g/mol. The predicted octanol–water partition coefficient (Wildman–Crippen LogP) is 5.25. The van der Waals surface area contributed by atoms with Gasteiger partial charge in [-0.3, -0.25) is 0 Å². The van der Waals surface area contributed by atoms with E-state index in [9.17, 15) is 0 Å². The maximum absolute atomic E-state index is 9.02. The molecule has 1 saturated carbocycles. The van der Waals surface area contributed by atoms with E-state index >= 15 is 0 Å². The molecule has 23 heavy (non-hydrogen) atoms. The Hall–Kier alpha value is -1.25. The molecule has 0 heterocycles. The number of unbranched alkanes of at least 4 members (excludes halogenated alkanes) is 1. The zero-order valence-corrected chi connectivity index (χ0v) is 14.7. The molecule has 0 saturated heterocycles. The van der Waals surface area contributed by atoms with Crippen molar-refractivity contribution in [1.82, 2.24) is 0 Å². The van der Waals surface area contributed by atoms with Crippen LogP contribution in [0, 0.1) is 12.8 Å². The van der Waals surface area contributed by atoms with Crippen LogP contribution in [0.3, 0.4) is 0 Å². The molecule has 0 aliphatic heterocycles. The SMILES string of the molecule is Cc1ccc(S[C@@]2(Cc3ccccc3)C[C@@H]2CCCCO)cc1. The number of aryl methyl sites for hydroxylation is 1. The molecule has 1 aliphatic rings. The molecule has 2 heteroatoms. The van der Waals surface area contributed by atoms with Crippen molar-refractivity contribution in [3.8, 4) is 0 Å². The third-order valence-electron chi connectivity index (χ3n) is 4.82. The van der Waals surface area contributed by atoms with Gasteiger partial charge in [0, 0.05) is 16.2 Å². The van der Waals surface area contributed by atoms with E-state index in [1.807, 2.05) is 0 Å². The first-order chi connectivity index (χ1) is 11.2. The highest BCUT2D eigenvalue weighted by Gasteiger charge is 2.53. The van der Waals surface area contributed by atoms with E-state index in [-0.39, 0.29) is 0 Å². The van der Waals surface area contributed by atoms with Gasteiger partial charge in [-0.05, 0) is 56.2 Å². The topological polar surface area (TPSA) is 20.2 Å². The third-order valence-corrected chi connectivity index (χ3v) is 6.38. The minimum Gasteiger partial charge on any atom is -0.396 e. The van der Waals surface area contributed by atoms with Crippen molar-refractivity contribution in [3.05, 3.63) is 65.7 Å². The van der Waals surface area contributed by atoms with Crippen molar-refractivity contribution in [2.24, 2.45) is 5.92 Å². The van der Waals surface area contributed by atoms with Crippen molar-refractivity contribution in [2.75, 3.05) is 6.61 Å². The zero-order chi connectivity index (χ0) is 16.1. The quantitative estimate of drug-likeness (QED) is 0.668. The summed E-state index contributed by atoms with van der Waals surface area (Å²) in [6, 6.07) is 19.8. The van der Waals surface area contributed by atoms with E-state index in [1.165, 1.54) is 28.9 Å². The maximum Gasteiger partial charge on any atom is 0.0431 e. The van der Waals surface area contributed by atoms with E-state index in [2.05, 4.69) is 73.3 Å². The fourth-order valence-corrected chi connectivity index (χ4v) is 4.94. The molecule has 2 aromatic carbocycles. The van der Waals surface area contributed by atoms with Crippen molar-refractivity contribution < 1.29 is 5.11 Å². The Morgan fingerprint density at radius 1 is 1.04 bits per heavy atom. The van der Waals surface area contributed by atoms with Gasteiger partial charge in [0.25, 0.3) is 0 Å². The molecule has 1 N–H and O–H groups in total. The Bertz CT molecular complexity index is 607. The molecule has 2 atom stereocenters. The van der Waals surface area contributed by atoms with Gasteiger partial charge in [0.2, 0.25) is 0 Å². The van der Waals surface area contributed by atoms with Crippen LogP contribution in [0.25, 0.3) is 0 Å². The molecule has 0 unspecified atom stereocenters. The summed E-state index contributed by atoms with van der Waals surface area (Å²) in [5.74, 6) is 0.778. The van der Waals surface area contributed by atoms with Gasteiger partial charge in [0.15, 0.2) is 0 Å². The highest BCUT2D eigenvalue weighted by atomic mass is 32.2. The summed E-state index contributed by atoms with van der Waals surface area (Å²) >= 11 is 2.06. The summed E-state index contributed by atoms with van der Waals surface area (Å²) in [4.78, 5) is 1.39. The molecule has 0 aromatic heterocycles. The van der Waals surface area contributed by atoms with Gasteiger partial charge >= 0.3 is 0 Å². The monoisotopic (exact) mass is 326 g/mol. The van der Waals surface area contributed by atoms with Crippen LogP contribution in [0.15, 0.2) is 59.5 Å². The Morgan fingerprint density at radius 3 is 2.48 bits per heavy atom. The van der Waals surface area contributed by atoms with Gasteiger partial charge in [0.05, 0.1) is 0 Å². The lowest BCUT2D eigenvalue weighted by atomic mass is 10.0. The number of thioether (sulfide) groups is 1. The first kappa shape index (κ1) is 16.6. The van der Waals surface area contributed by atoms with E-state index in [0.29, 0.717) is 11.4 Å². The normalized spacial score (nSPS) is 23.0. The van der Waals surface area contributed by atoms with Crippen LogP contribution >= 0.6 is 11.8 Å². The molecular weight excluding hydrogens is 300 g/mol. The van der Waals surface area contributed by atoms with Crippen LogP contribution in [-0.2, 0) is 6.42 Å². The summed E-state index contributed by atoms with van der Waals surface area (Å²) in [7, 11) is 0. The first-order valence-electron chi connectivity index (χ1n) is 8.62. The number of rotatable bonds is 8.